The van der Waals surface area contributed by atoms with Gasteiger partial charge in [0.1, 0.15) is 24.1 Å². The maximum atomic E-state index is 14.6. The van der Waals surface area contributed by atoms with Gasteiger partial charge in [-0.15, -0.1) is 0 Å². The number of aromatic nitrogens is 1. The zero-order valence-electron chi connectivity index (χ0n) is 24.9. The van der Waals surface area contributed by atoms with Crippen molar-refractivity contribution in [3.63, 3.8) is 0 Å². The highest BCUT2D eigenvalue weighted by molar-refractivity contribution is 6.02. The van der Waals surface area contributed by atoms with Crippen molar-refractivity contribution in [2.24, 2.45) is 11.3 Å². The fraction of sp³-hybridized carbons (Fsp3) is 0.455. The fourth-order valence-electron chi connectivity index (χ4n) is 6.61. The number of benzene rings is 2. The number of Topliss-reactive ketones (excluding diaryl/α,β-unsaturated/α-hetero) is 1. The van der Waals surface area contributed by atoms with Gasteiger partial charge in [-0.25, -0.2) is 8.78 Å². The molecule has 4 atom stereocenters. The quantitative estimate of drug-likeness (QED) is 0.300. The Kier molecular flexibility index (Phi) is 8.34. The molecule has 3 aliphatic rings. The van der Waals surface area contributed by atoms with Gasteiger partial charge in [-0.05, 0) is 49.4 Å². The van der Waals surface area contributed by atoms with Gasteiger partial charge in [0.25, 0.3) is 11.8 Å². The minimum atomic E-state index is -3.01. The number of fused-ring (bicyclic) bond motifs is 1. The molecule has 0 radical (unpaired) electrons. The number of carbonyl (C=O) groups excluding carboxylic acids is 4. The number of nitrogens with one attached hydrogen (secondary N) is 3. The predicted molar refractivity (Wildman–Crippen MR) is 160 cm³/mol. The highest BCUT2D eigenvalue weighted by Gasteiger charge is 2.75. The van der Waals surface area contributed by atoms with Crippen LogP contribution in [0.25, 0.3) is 10.9 Å². The Bertz CT molecular complexity index is 1610. The zero-order valence-corrected chi connectivity index (χ0v) is 24.9. The number of H-pyrrole nitrogens is 1. The SMILES string of the molecule is COc1cccc2[nH]c(C(=O)N3CC4(CC3C(=O)N[C@@H](C[C@@H]3CCCNC3=O)C(=O)COCc3ccccc3)CC4(F)F)cc12. The van der Waals surface area contributed by atoms with E-state index in [1.165, 1.54) is 12.0 Å². The molecule has 1 saturated carbocycles. The lowest BCUT2D eigenvalue weighted by Gasteiger charge is -2.29. The summed E-state index contributed by atoms with van der Waals surface area (Å²) in [5, 5.41) is 6.17. The molecule has 3 aromatic rings. The van der Waals surface area contributed by atoms with Crippen LogP contribution in [0.4, 0.5) is 8.78 Å². The van der Waals surface area contributed by atoms with Gasteiger partial charge in [-0.3, -0.25) is 19.2 Å². The summed E-state index contributed by atoms with van der Waals surface area (Å²) in [7, 11) is 1.50. The van der Waals surface area contributed by atoms with Gasteiger partial charge in [-0.2, -0.15) is 0 Å². The summed E-state index contributed by atoms with van der Waals surface area (Å²) in [5.74, 6) is -4.95. The Hall–Kier alpha value is -4.32. The van der Waals surface area contributed by atoms with E-state index < -0.39 is 53.4 Å². The van der Waals surface area contributed by atoms with Crippen LogP contribution in [0.5, 0.6) is 5.75 Å². The molecular weight excluding hydrogens is 586 g/mol. The number of ether oxygens (including phenoxy) is 2. The van der Waals surface area contributed by atoms with E-state index in [0.29, 0.717) is 29.6 Å². The summed E-state index contributed by atoms with van der Waals surface area (Å²) < 4.78 is 40.3. The van der Waals surface area contributed by atoms with Crippen LogP contribution in [0.15, 0.2) is 54.6 Å². The third-order valence-electron chi connectivity index (χ3n) is 9.26. The molecular formula is C33H36F2N4O6. The first-order valence-corrected chi connectivity index (χ1v) is 15.2. The summed E-state index contributed by atoms with van der Waals surface area (Å²) in [6.45, 7) is 0.0954. The van der Waals surface area contributed by atoms with Crippen LogP contribution in [0, 0.1) is 11.3 Å². The van der Waals surface area contributed by atoms with E-state index in [-0.39, 0.29) is 44.2 Å². The van der Waals surface area contributed by atoms with Crippen molar-refractivity contribution in [2.45, 2.75) is 56.7 Å². The number of likely N-dealkylation sites (tertiary alicyclic amines) is 1. The van der Waals surface area contributed by atoms with Crippen molar-refractivity contribution < 1.29 is 37.4 Å². The molecule has 1 aromatic heterocycles. The normalized spacial score (nSPS) is 24.3. The second kappa shape index (κ2) is 12.2. The van der Waals surface area contributed by atoms with Crippen LogP contribution in [-0.2, 0) is 25.7 Å². The van der Waals surface area contributed by atoms with Crippen LogP contribution >= 0.6 is 0 Å². The van der Waals surface area contributed by atoms with E-state index in [0.717, 1.165) is 12.0 Å². The first-order chi connectivity index (χ1) is 21.6. The van der Waals surface area contributed by atoms with E-state index in [1.807, 2.05) is 30.3 Å². The summed E-state index contributed by atoms with van der Waals surface area (Å²) in [4.78, 5) is 57.8. The van der Waals surface area contributed by atoms with Gasteiger partial charge in [0.05, 0.1) is 25.2 Å². The number of rotatable bonds is 11. The first-order valence-electron chi connectivity index (χ1n) is 15.2. The monoisotopic (exact) mass is 622 g/mol. The largest absolute Gasteiger partial charge is 0.496 e. The number of piperidine rings is 1. The van der Waals surface area contributed by atoms with Crippen molar-refractivity contribution >= 4 is 34.4 Å². The molecule has 12 heteroatoms. The molecule has 3 amide bonds. The second-order valence-electron chi connectivity index (χ2n) is 12.3. The zero-order chi connectivity index (χ0) is 31.8. The number of aromatic amines is 1. The molecule has 3 heterocycles. The van der Waals surface area contributed by atoms with Gasteiger partial charge in [0.2, 0.25) is 11.8 Å². The molecule has 3 fully saturated rings. The lowest BCUT2D eigenvalue weighted by atomic mass is 9.90. The molecule has 45 heavy (non-hydrogen) atoms. The summed E-state index contributed by atoms with van der Waals surface area (Å²) in [6.07, 6.45) is 0.647. The van der Waals surface area contributed by atoms with E-state index >= 15 is 0 Å². The standard InChI is InChI=1S/C33H36F2N4O6/c1-44-28-11-5-10-23-22(28)14-25(37-23)31(43)39-19-32(18-33(32,34)35)15-26(39)30(42)38-24(13-21-9-6-12-36-29(21)41)27(40)17-45-16-20-7-3-2-4-8-20/h2-5,7-8,10-11,14,21,24,26,37H,6,9,12-13,15-19H2,1H3,(H,36,41)(H,38,42)/t21-,24-,26?,32?/m0/s1. The van der Waals surface area contributed by atoms with Gasteiger partial charge in [0.15, 0.2) is 5.78 Å². The van der Waals surface area contributed by atoms with Crippen LogP contribution in [0.2, 0.25) is 0 Å². The predicted octanol–water partition coefficient (Wildman–Crippen LogP) is 3.60. The number of methoxy groups -OCH3 is 1. The first kappa shape index (κ1) is 30.7. The van der Waals surface area contributed by atoms with Crippen LogP contribution in [-0.4, -0.2) is 78.2 Å². The van der Waals surface area contributed by atoms with Crippen LogP contribution in [0.3, 0.4) is 0 Å². The molecule has 6 rings (SSSR count). The van der Waals surface area contributed by atoms with Crippen LogP contribution in [0.1, 0.15) is 48.2 Å². The van der Waals surface area contributed by atoms with Crippen molar-refractivity contribution in [3.8, 4) is 5.75 Å². The van der Waals surface area contributed by atoms with E-state index in [4.69, 9.17) is 9.47 Å². The molecule has 2 aliphatic heterocycles. The molecule has 1 spiro atoms. The number of amides is 3. The van der Waals surface area contributed by atoms with Crippen molar-refractivity contribution in [2.75, 3.05) is 26.8 Å². The van der Waals surface area contributed by atoms with Crippen molar-refractivity contribution in [1.29, 1.82) is 0 Å². The Balaban J connectivity index is 1.22. The number of carbonyl (C=O) groups is 4. The van der Waals surface area contributed by atoms with Crippen molar-refractivity contribution in [3.05, 3.63) is 65.9 Å². The maximum Gasteiger partial charge on any atom is 0.271 e. The molecule has 10 nitrogen and oxygen atoms in total. The van der Waals surface area contributed by atoms with Gasteiger partial charge < -0.3 is 30.0 Å². The van der Waals surface area contributed by atoms with E-state index in [2.05, 4.69) is 15.6 Å². The smallest absolute Gasteiger partial charge is 0.271 e. The highest BCUT2D eigenvalue weighted by Crippen LogP contribution is 2.66. The fourth-order valence-corrected chi connectivity index (χ4v) is 6.61. The Morgan fingerprint density at radius 1 is 1.13 bits per heavy atom. The van der Waals surface area contributed by atoms with E-state index in [9.17, 15) is 28.0 Å². The molecule has 238 valence electrons. The van der Waals surface area contributed by atoms with E-state index in [1.54, 1.807) is 24.3 Å². The molecule has 0 bridgehead atoms. The molecule has 2 aromatic carbocycles. The average molecular weight is 623 g/mol. The molecule has 3 N–H and O–H groups in total. The number of hydrogen-bond donors (Lipinski definition) is 3. The Morgan fingerprint density at radius 3 is 2.62 bits per heavy atom. The Labute approximate surface area is 258 Å². The number of ketones is 1. The topological polar surface area (TPSA) is 130 Å². The molecule has 1 aliphatic carbocycles. The number of halogens is 2. The summed E-state index contributed by atoms with van der Waals surface area (Å²) in [5.41, 5.74) is 0.115. The number of alkyl halides is 2. The summed E-state index contributed by atoms with van der Waals surface area (Å²) in [6, 6.07) is 13.8. The third kappa shape index (κ3) is 6.15. The van der Waals surface area contributed by atoms with Crippen LogP contribution < -0.4 is 15.4 Å². The maximum absolute atomic E-state index is 14.6. The lowest BCUT2D eigenvalue weighted by molar-refractivity contribution is -0.134. The minimum Gasteiger partial charge on any atom is -0.496 e. The van der Waals surface area contributed by atoms with Gasteiger partial charge >= 0.3 is 0 Å². The minimum absolute atomic E-state index is 0.0366. The Morgan fingerprint density at radius 2 is 1.91 bits per heavy atom. The van der Waals surface area contributed by atoms with Gasteiger partial charge in [-0.1, -0.05) is 36.4 Å². The lowest BCUT2D eigenvalue weighted by Crippen LogP contribution is -2.53. The number of hydrogen-bond acceptors (Lipinski definition) is 6. The molecule has 2 saturated heterocycles. The molecule has 2 unspecified atom stereocenters. The second-order valence-corrected chi connectivity index (χ2v) is 12.3. The third-order valence-corrected chi connectivity index (χ3v) is 9.26. The highest BCUT2D eigenvalue weighted by atomic mass is 19.3. The summed E-state index contributed by atoms with van der Waals surface area (Å²) >= 11 is 0. The average Bonchev–Trinajstić information content (AvgIpc) is 3.36. The number of nitrogens with zero attached hydrogens (tertiary/aromatic N) is 1. The van der Waals surface area contributed by atoms with Crippen molar-refractivity contribution in [1.82, 2.24) is 20.5 Å². The van der Waals surface area contributed by atoms with Gasteiger partial charge in [0, 0.05) is 36.3 Å².